The normalized spacial score (nSPS) is 10.7. The van der Waals surface area contributed by atoms with E-state index < -0.39 is 5.97 Å². The maximum absolute atomic E-state index is 12.5. The number of aromatic nitrogens is 3. The minimum atomic E-state index is -0.486. The molecule has 0 atom stereocenters. The van der Waals surface area contributed by atoms with Crippen molar-refractivity contribution in [1.82, 2.24) is 14.8 Å². The summed E-state index contributed by atoms with van der Waals surface area (Å²) >= 11 is 2.44. The number of rotatable bonds is 7. The van der Waals surface area contributed by atoms with Crippen LogP contribution in [0.2, 0.25) is 0 Å². The number of nitrogens with one attached hydrogen (secondary N) is 1. The van der Waals surface area contributed by atoms with Crippen molar-refractivity contribution in [1.29, 1.82) is 0 Å². The summed E-state index contributed by atoms with van der Waals surface area (Å²) in [5.74, 6) is 0.439. The average molecular weight is 441 g/mol. The molecule has 0 fully saturated rings. The first kappa shape index (κ1) is 19.9. The molecule has 0 saturated heterocycles. The molecule has 8 nitrogen and oxygen atoms in total. The third kappa shape index (κ3) is 4.14. The predicted octanol–water partition coefficient (Wildman–Crippen LogP) is 4.11. The zero-order chi connectivity index (χ0) is 20.9. The lowest BCUT2D eigenvalue weighted by Crippen LogP contribution is -2.16. The highest BCUT2D eigenvalue weighted by molar-refractivity contribution is 7.99. The minimum absolute atomic E-state index is 0.0829. The Morgan fingerprint density at radius 2 is 2.00 bits per heavy atom. The Balaban J connectivity index is 1.53. The number of carbonyl (C=O) groups excluding carboxylic acids is 2. The Bertz CT molecular complexity index is 1150. The van der Waals surface area contributed by atoms with Crippen molar-refractivity contribution in [2.75, 3.05) is 18.2 Å². The summed E-state index contributed by atoms with van der Waals surface area (Å²) in [7, 11) is 1.30. The van der Waals surface area contributed by atoms with Gasteiger partial charge in [-0.25, -0.2) is 4.79 Å². The molecule has 0 radical (unpaired) electrons. The minimum Gasteiger partial charge on any atom is -0.465 e. The van der Waals surface area contributed by atoms with Crippen LogP contribution >= 0.6 is 23.1 Å². The Morgan fingerprint density at radius 1 is 1.17 bits per heavy atom. The van der Waals surface area contributed by atoms with Gasteiger partial charge in [0.1, 0.15) is 4.88 Å². The molecule has 4 rings (SSSR count). The molecule has 0 bridgehead atoms. The fraction of sp³-hybridized carbons (Fsp3) is 0.100. The number of furan rings is 1. The van der Waals surface area contributed by atoms with Crippen LogP contribution in [-0.4, -0.2) is 39.5 Å². The van der Waals surface area contributed by atoms with E-state index in [1.807, 2.05) is 34.9 Å². The number of anilines is 1. The SMILES string of the molecule is COC(=O)c1sccc1NC(=O)CSc1nnc(-c2ccco2)n1-c1ccccc1. The highest BCUT2D eigenvalue weighted by Gasteiger charge is 2.20. The van der Waals surface area contributed by atoms with E-state index in [0.29, 0.717) is 27.3 Å². The number of thiophene rings is 1. The number of amides is 1. The van der Waals surface area contributed by atoms with Crippen LogP contribution in [0.15, 0.2) is 69.7 Å². The van der Waals surface area contributed by atoms with Gasteiger partial charge in [-0.05, 0) is 35.7 Å². The third-order valence-corrected chi connectivity index (χ3v) is 5.86. The van der Waals surface area contributed by atoms with Gasteiger partial charge >= 0.3 is 5.97 Å². The van der Waals surface area contributed by atoms with Crippen molar-refractivity contribution in [3.8, 4) is 17.3 Å². The fourth-order valence-corrected chi connectivity index (χ4v) is 4.23. The summed E-state index contributed by atoms with van der Waals surface area (Å²) in [5, 5.41) is 13.5. The van der Waals surface area contributed by atoms with Gasteiger partial charge in [0.2, 0.25) is 11.7 Å². The number of benzene rings is 1. The third-order valence-electron chi connectivity index (χ3n) is 4.03. The van der Waals surface area contributed by atoms with Gasteiger partial charge in [-0.1, -0.05) is 30.0 Å². The Morgan fingerprint density at radius 3 is 2.73 bits per heavy atom. The first-order valence-electron chi connectivity index (χ1n) is 8.80. The van der Waals surface area contributed by atoms with Crippen molar-refractivity contribution in [2.45, 2.75) is 5.16 Å². The number of carbonyl (C=O) groups is 2. The molecule has 0 aliphatic rings. The smallest absolute Gasteiger partial charge is 0.350 e. The van der Waals surface area contributed by atoms with Crippen molar-refractivity contribution >= 4 is 40.7 Å². The summed E-state index contributed by atoms with van der Waals surface area (Å²) in [5.41, 5.74) is 1.28. The Kier molecular flexibility index (Phi) is 5.96. The van der Waals surface area contributed by atoms with E-state index in [0.717, 1.165) is 5.69 Å². The zero-order valence-corrected chi connectivity index (χ0v) is 17.4. The summed E-state index contributed by atoms with van der Waals surface area (Å²) in [6, 6.07) is 14.8. The number of nitrogens with zero attached hydrogens (tertiary/aromatic N) is 3. The molecule has 3 heterocycles. The van der Waals surface area contributed by atoms with Gasteiger partial charge in [0.25, 0.3) is 0 Å². The van der Waals surface area contributed by atoms with Crippen molar-refractivity contribution < 1.29 is 18.7 Å². The maximum Gasteiger partial charge on any atom is 0.350 e. The molecule has 4 aromatic rings. The number of thioether (sulfide) groups is 1. The van der Waals surface area contributed by atoms with Crippen LogP contribution in [0.25, 0.3) is 17.3 Å². The van der Waals surface area contributed by atoms with Crippen LogP contribution in [0, 0.1) is 0 Å². The molecule has 1 N–H and O–H groups in total. The lowest BCUT2D eigenvalue weighted by atomic mass is 10.3. The predicted molar refractivity (Wildman–Crippen MR) is 114 cm³/mol. The first-order valence-corrected chi connectivity index (χ1v) is 10.7. The molecule has 1 amide bonds. The van der Waals surface area contributed by atoms with Gasteiger partial charge in [0.05, 0.1) is 24.8 Å². The van der Waals surface area contributed by atoms with Crippen molar-refractivity contribution in [3.05, 3.63) is 65.1 Å². The molecule has 0 aliphatic carbocycles. The molecule has 0 unspecified atom stereocenters. The second kappa shape index (κ2) is 8.97. The number of para-hydroxylation sites is 1. The monoisotopic (exact) mass is 440 g/mol. The Labute approximate surface area is 179 Å². The molecular formula is C20H16N4O4S2. The molecule has 30 heavy (non-hydrogen) atoms. The van der Waals surface area contributed by atoms with E-state index in [4.69, 9.17) is 9.15 Å². The second-order valence-corrected chi connectivity index (χ2v) is 7.80. The summed E-state index contributed by atoms with van der Waals surface area (Å²) in [6.07, 6.45) is 1.57. The van der Waals surface area contributed by atoms with Crippen LogP contribution < -0.4 is 5.32 Å². The fourth-order valence-electron chi connectivity index (χ4n) is 2.71. The average Bonchev–Trinajstić information content (AvgIpc) is 3.52. The van der Waals surface area contributed by atoms with E-state index in [2.05, 4.69) is 15.5 Å². The van der Waals surface area contributed by atoms with Crippen LogP contribution in [0.5, 0.6) is 0 Å². The molecule has 0 aliphatic heterocycles. The number of ether oxygens (including phenoxy) is 1. The molecule has 0 saturated carbocycles. The molecule has 1 aromatic carbocycles. The molecular weight excluding hydrogens is 424 g/mol. The molecule has 0 spiro atoms. The maximum atomic E-state index is 12.5. The lowest BCUT2D eigenvalue weighted by molar-refractivity contribution is -0.113. The van der Waals surface area contributed by atoms with Crippen LogP contribution in [0.4, 0.5) is 5.69 Å². The van der Waals surface area contributed by atoms with E-state index in [1.54, 1.807) is 29.8 Å². The summed E-state index contributed by atoms with van der Waals surface area (Å²) in [4.78, 5) is 24.6. The number of hydrogen-bond donors (Lipinski definition) is 1. The van der Waals surface area contributed by atoms with Gasteiger partial charge in [-0.3, -0.25) is 9.36 Å². The van der Waals surface area contributed by atoms with Gasteiger partial charge in [-0.2, -0.15) is 0 Å². The van der Waals surface area contributed by atoms with Crippen molar-refractivity contribution in [3.63, 3.8) is 0 Å². The highest BCUT2D eigenvalue weighted by Crippen LogP contribution is 2.29. The number of esters is 1. The second-order valence-electron chi connectivity index (χ2n) is 5.95. The molecule has 152 valence electrons. The standard InChI is InChI=1S/C20H16N4O4S2/c1-27-19(26)17-14(9-11-29-17)21-16(25)12-30-20-23-22-18(15-8-5-10-28-15)24(20)13-6-3-2-4-7-13/h2-11H,12H2,1H3,(H,21,25). The highest BCUT2D eigenvalue weighted by atomic mass is 32.2. The lowest BCUT2D eigenvalue weighted by Gasteiger charge is -2.09. The molecule has 3 aromatic heterocycles. The van der Waals surface area contributed by atoms with E-state index in [1.165, 1.54) is 30.2 Å². The van der Waals surface area contributed by atoms with Crippen molar-refractivity contribution in [2.24, 2.45) is 0 Å². The van der Waals surface area contributed by atoms with E-state index >= 15 is 0 Å². The van der Waals surface area contributed by atoms with Gasteiger partial charge in [0.15, 0.2) is 10.9 Å². The Hall–Kier alpha value is -3.37. The number of methoxy groups -OCH3 is 1. The van der Waals surface area contributed by atoms with Gasteiger partial charge in [0, 0.05) is 5.69 Å². The summed E-state index contributed by atoms with van der Waals surface area (Å²) in [6.45, 7) is 0. The number of hydrogen-bond acceptors (Lipinski definition) is 8. The van der Waals surface area contributed by atoms with Crippen LogP contribution in [0.1, 0.15) is 9.67 Å². The van der Waals surface area contributed by atoms with Gasteiger partial charge in [-0.15, -0.1) is 21.5 Å². The van der Waals surface area contributed by atoms with Gasteiger partial charge < -0.3 is 14.5 Å². The van der Waals surface area contributed by atoms with E-state index in [-0.39, 0.29) is 11.7 Å². The van der Waals surface area contributed by atoms with E-state index in [9.17, 15) is 9.59 Å². The van der Waals surface area contributed by atoms with Crippen LogP contribution in [-0.2, 0) is 9.53 Å². The first-order chi connectivity index (χ1) is 14.7. The molecule has 10 heteroatoms. The van der Waals surface area contributed by atoms with Crippen LogP contribution in [0.3, 0.4) is 0 Å². The largest absolute Gasteiger partial charge is 0.465 e. The quantitative estimate of drug-likeness (QED) is 0.341. The summed E-state index contributed by atoms with van der Waals surface area (Å²) < 4.78 is 12.1. The zero-order valence-electron chi connectivity index (χ0n) is 15.8. The topological polar surface area (TPSA) is 99.2 Å².